The van der Waals surface area contributed by atoms with Crippen molar-refractivity contribution in [3.8, 4) is 17.2 Å². The molecule has 2 amide bonds. The number of nitro benzene ring substituents is 1. The normalized spacial score (nSPS) is 15.1. The number of benzene rings is 3. The van der Waals surface area contributed by atoms with E-state index in [9.17, 15) is 19.7 Å². The van der Waals surface area contributed by atoms with Crippen molar-refractivity contribution in [1.82, 2.24) is 5.32 Å². The van der Waals surface area contributed by atoms with Gasteiger partial charge < -0.3 is 19.5 Å². The second kappa shape index (κ2) is 11.2. The van der Waals surface area contributed by atoms with Crippen LogP contribution in [0.5, 0.6) is 17.2 Å². The lowest BCUT2D eigenvalue weighted by Crippen LogP contribution is -2.48. The highest BCUT2D eigenvalue weighted by Crippen LogP contribution is 2.39. The Morgan fingerprint density at radius 3 is 2.34 bits per heavy atom. The first kappa shape index (κ1) is 26.5. The molecule has 1 aliphatic heterocycles. The maximum Gasteiger partial charge on any atom is 0.338 e. The van der Waals surface area contributed by atoms with Crippen molar-refractivity contribution in [1.29, 1.82) is 0 Å². The molecule has 11 heteroatoms. The Kier molecular flexibility index (Phi) is 7.82. The van der Waals surface area contributed by atoms with Crippen LogP contribution in [0.3, 0.4) is 0 Å². The van der Waals surface area contributed by atoms with E-state index in [1.54, 1.807) is 68.4 Å². The van der Waals surface area contributed by atoms with Gasteiger partial charge in [-0.3, -0.25) is 15.0 Å². The van der Waals surface area contributed by atoms with E-state index in [1.165, 1.54) is 24.1 Å². The number of nitrogens with zero attached hydrogens (tertiary/aromatic N) is 2. The fraction of sp³-hybridized carbons (Fsp3) is 0.185. The number of esters is 1. The van der Waals surface area contributed by atoms with Gasteiger partial charge in [-0.2, -0.15) is 0 Å². The topological polar surface area (TPSA) is 120 Å². The zero-order valence-corrected chi connectivity index (χ0v) is 21.5. The van der Waals surface area contributed by atoms with Crippen LogP contribution in [-0.2, 0) is 9.53 Å². The summed E-state index contributed by atoms with van der Waals surface area (Å²) in [5.74, 6) is 0.313. The molecule has 0 fully saturated rings. The summed E-state index contributed by atoms with van der Waals surface area (Å²) >= 11 is 5.99. The number of nitro groups is 1. The number of methoxy groups -OCH3 is 1. The predicted molar refractivity (Wildman–Crippen MR) is 141 cm³/mol. The SMILES string of the molecule is CCOC(=O)C1=C(C)N(c2ccc(Cl)cc2)C(=O)NC1c1ccc(Oc2ccc(OC)cc2)c([N+](=O)[O-])c1. The number of urea groups is 1. The van der Waals surface area contributed by atoms with Gasteiger partial charge in [0.2, 0.25) is 5.75 Å². The minimum atomic E-state index is -1.00. The molecule has 3 aromatic carbocycles. The molecule has 1 atom stereocenters. The van der Waals surface area contributed by atoms with Crippen LogP contribution < -0.4 is 19.7 Å². The van der Waals surface area contributed by atoms with E-state index in [-0.39, 0.29) is 23.6 Å². The summed E-state index contributed by atoms with van der Waals surface area (Å²) in [6.45, 7) is 3.38. The summed E-state index contributed by atoms with van der Waals surface area (Å²) in [5, 5.41) is 15.2. The lowest BCUT2D eigenvalue weighted by atomic mass is 9.94. The maximum atomic E-state index is 13.2. The van der Waals surface area contributed by atoms with Crippen molar-refractivity contribution >= 4 is 35.0 Å². The molecule has 4 rings (SSSR count). The van der Waals surface area contributed by atoms with Crippen molar-refractivity contribution in [3.05, 3.63) is 98.7 Å². The van der Waals surface area contributed by atoms with Crippen LogP contribution in [0.2, 0.25) is 5.02 Å². The van der Waals surface area contributed by atoms with Crippen LogP contribution in [0.25, 0.3) is 0 Å². The minimum Gasteiger partial charge on any atom is -0.497 e. The van der Waals surface area contributed by atoms with Crippen LogP contribution >= 0.6 is 11.6 Å². The molecule has 196 valence electrons. The second-order valence-corrected chi connectivity index (χ2v) is 8.61. The number of rotatable bonds is 8. The summed E-state index contributed by atoms with van der Waals surface area (Å²) in [5.41, 5.74) is 0.915. The smallest absolute Gasteiger partial charge is 0.338 e. The zero-order valence-electron chi connectivity index (χ0n) is 20.8. The molecule has 0 aliphatic carbocycles. The Morgan fingerprint density at radius 1 is 1.08 bits per heavy atom. The standard InChI is InChI=1S/C27H24ClN3O7/c1-4-37-26(32)24-16(2)30(19-8-6-18(28)7-9-19)27(33)29-25(24)17-5-14-23(22(15-17)31(34)35)38-21-12-10-20(36-3)11-13-21/h5-15,25H,4H2,1-3H3,(H,29,33). The third kappa shape index (κ3) is 5.40. The zero-order chi connectivity index (χ0) is 27.4. The minimum absolute atomic E-state index is 0.00719. The predicted octanol–water partition coefficient (Wildman–Crippen LogP) is 6.16. The van der Waals surface area contributed by atoms with Crippen molar-refractivity contribution in [2.24, 2.45) is 0 Å². The Labute approximate surface area is 223 Å². The van der Waals surface area contributed by atoms with Gasteiger partial charge in [0.15, 0.2) is 0 Å². The fourth-order valence-corrected chi connectivity index (χ4v) is 4.21. The van der Waals surface area contributed by atoms with E-state index >= 15 is 0 Å². The number of anilines is 1. The van der Waals surface area contributed by atoms with E-state index in [0.717, 1.165) is 0 Å². The summed E-state index contributed by atoms with van der Waals surface area (Å²) in [6, 6.07) is 15.8. The molecule has 1 N–H and O–H groups in total. The number of carbonyl (C=O) groups is 2. The Hall–Kier alpha value is -4.57. The number of hydrogen-bond acceptors (Lipinski definition) is 7. The summed E-state index contributed by atoms with van der Waals surface area (Å²) < 4.78 is 16.1. The molecule has 0 radical (unpaired) electrons. The molecule has 0 bridgehead atoms. The van der Waals surface area contributed by atoms with Crippen LogP contribution in [0, 0.1) is 10.1 Å². The lowest BCUT2D eigenvalue weighted by Gasteiger charge is -2.35. The first-order valence-electron chi connectivity index (χ1n) is 11.6. The van der Waals surface area contributed by atoms with Crippen molar-refractivity contribution in [2.75, 3.05) is 18.6 Å². The quantitative estimate of drug-likeness (QED) is 0.207. The van der Waals surface area contributed by atoms with Gasteiger partial charge in [0.1, 0.15) is 11.5 Å². The van der Waals surface area contributed by atoms with E-state index in [0.29, 0.717) is 33.5 Å². The average Bonchev–Trinajstić information content (AvgIpc) is 2.90. The van der Waals surface area contributed by atoms with Crippen LogP contribution in [0.4, 0.5) is 16.2 Å². The van der Waals surface area contributed by atoms with Gasteiger partial charge in [-0.25, -0.2) is 9.59 Å². The number of allylic oxidation sites excluding steroid dienone is 1. The van der Waals surface area contributed by atoms with Crippen molar-refractivity contribution in [2.45, 2.75) is 19.9 Å². The number of carbonyl (C=O) groups excluding carboxylic acids is 2. The van der Waals surface area contributed by atoms with Crippen LogP contribution in [0.15, 0.2) is 78.0 Å². The number of hydrogen-bond donors (Lipinski definition) is 1. The second-order valence-electron chi connectivity index (χ2n) is 8.18. The highest BCUT2D eigenvalue weighted by atomic mass is 35.5. The van der Waals surface area contributed by atoms with E-state index in [2.05, 4.69) is 5.32 Å². The van der Waals surface area contributed by atoms with Crippen molar-refractivity contribution in [3.63, 3.8) is 0 Å². The molecule has 38 heavy (non-hydrogen) atoms. The van der Waals surface area contributed by atoms with Crippen molar-refractivity contribution < 1.29 is 28.7 Å². The Bertz CT molecular complexity index is 1410. The molecule has 0 spiro atoms. The summed E-state index contributed by atoms with van der Waals surface area (Å²) in [4.78, 5) is 39.0. The molecular formula is C27H24ClN3O7. The van der Waals surface area contributed by atoms with Gasteiger partial charge in [0.25, 0.3) is 0 Å². The molecule has 1 aliphatic rings. The van der Waals surface area contributed by atoms with E-state index in [1.807, 2.05) is 0 Å². The van der Waals surface area contributed by atoms with Gasteiger partial charge in [-0.05, 0) is 74.0 Å². The number of halogens is 1. The molecular weight excluding hydrogens is 514 g/mol. The third-order valence-corrected chi connectivity index (χ3v) is 6.12. The number of amides is 2. The number of ether oxygens (including phenoxy) is 3. The van der Waals surface area contributed by atoms with E-state index < -0.39 is 23.0 Å². The molecule has 0 aromatic heterocycles. The number of nitrogens with one attached hydrogen (secondary N) is 1. The van der Waals surface area contributed by atoms with Gasteiger partial charge >= 0.3 is 17.7 Å². The maximum absolute atomic E-state index is 13.2. The van der Waals surface area contributed by atoms with E-state index in [4.69, 9.17) is 25.8 Å². The van der Waals surface area contributed by atoms with Crippen LogP contribution in [-0.4, -0.2) is 30.6 Å². The monoisotopic (exact) mass is 537 g/mol. The molecule has 0 saturated carbocycles. The van der Waals surface area contributed by atoms with Gasteiger partial charge in [-0.1, -0.05) is 17.7 Å². The first-order valence-corrected chi connectivity index (χ1v) is 12.0. The van der Waals surface area contributed by atoms with Gasteiger partial charge in [0.05, 0.1) is 35.9 Å². The van der Waals surface area contributed by atoms with Crippen LogP contribution in [0.1, 0.15) is 25.5 Å². The third-order valence-electron chi connectivity index (χ3n) is 5.87. The summed E-state index contributed by atoms with van der Waals surface area (Å²) in [6.07, 6.45) is 0. The molecule has 1 heterocycles. The largest absolute Gasteiger partial charge is 0.497 e. The molecule has 3 aromatic rings. The highest BCUT2D eigenvalue weighted by molar-refractivity contribution is 6.30. The van der Waals surface area contributed by atoms with Gasteiger partial charge in [-0.15, -0.1) is 0 Å². The summed E-state index contributed by atoms with van der Waals surface area (Å²) in [7, 11) is 1.53. The highest BCUT2D eigenvalue weighted by Gasteiger charge is 2.38. The average molecular weight is 538 g/mol. The first-order chi connectivity index (χ1) is 18.2. The molecule has 0 saturated heterocycles. The lowest BCUT2D eigenvalue weighted by molar-refractivity contribution is -0.385. The molecule has 10 nitrogen and oxygen atoms in total. The Morgan fingerprint density at radius 2 is 1.74 bits per heavy atom. The van der Waals surface area contributed by atoms with Gasteiger partial charge in [0, 0.05) is 16.8 Å². The fourth-order valence-electron chi connectivity index (χ4n) is 4.08. The Balaban J connectivity index is 1.76. The molecule has 1 unspecified atom stereocenters.